The summed E-state index contributed by atoms with van der Waals surface area (Å²) in [5.74, 6) is 0.370. The number of benzene rings is 1. The Morgan fingerprint density at radius 3 is 2.73 bits per heavy atom. The molecule has 1 atom stereocenters. The standard InChI is InChI=1S/C13H19NO/c1-2-10-4-3-5-12(8-10)13(15,9-14)11-6-7-11/h3-5,8,11,15H,2,6-7,9,14H2,1H3. The molecule has 0 radical (unpaired) electrons. The van der Waals surface area contributed by atoms with Crippen molar-refractivity contribution in [2.45, 2.75) is 31.8 Å². The van der Waals surface area contributed by atoms with E-state index in [0.29, 0.717) is 12.5 Å². The number of nitrogens with two attached hydrogens (primary N) is 1. The predicted molar refractivity (Wildman–Crippen MR) is 61.5 cm³/mol. The lowest BCUT2D eigenvalue weighted by atomic mass is 9.88. The molecule has 1 aromatic rings. The van der Waals surface area contributed by atoms with Gasteiger partial charge in [-0.05, 0) is 36.3 Å². The van der Waals surface area contributed by atoms with Crippen LogP contribution in [0.25, 0.3) is 0 Å². The largest absolute Gasteiger partial charge is 0.384 e. The van der Waals surface area contributed by atoms with Crippen LogP contribution in [0.4, 0.5) is 0 Å². The van der Waals surface area contributed by atoms with Crippen molar-refractivity contribution in [3.05, 3.63) is 35.4 Å². The summed E-state index contributed by atoms with van der Waals surface area (Å²) in [6, 6.07) is 8.18. The first-order valence-corrected chi connectivity index (χ1v) is 5.72. The van der Waals surface area contributed by atoms with Crippen molar-refractivity contribution < 1.29 is 5.11 Å². The molecule has 0 bridgehead atoms. The van der Waals surface area contributed by atoms with Crippen LogP contribution in [0.15, 0.2) is 24.3 Å². The normalized spacial score (nSPS) is 19.9. The third-order valence-corrected chi connectivity index (χ3v) is 3.40. The van der Waals surface area contributed by atoms with Gasteiger partial charge in [0.2, 0.25) is 0 Å². The molecule has 1 aromatic carbocycles. The molecule has 82 valence electrons. The molecular formula is C13H19NO. The third kappa shape index (κ3) is 1.92. The Bertz CT molecular complexity index is 346. The van der Waals surface area contributed by atoms with Crippen LogP contribution < -0.4 is 5.73 Å². The molecule has 1 saturated carbocycles. The van der Waals surface area contributed by atoms with E-state index in [-0.39, 0.29) is 0 Å². The molecule has 3 N–H and O–H groups in total. The fourth-order valence-corrected chi connectivity index (χ4v) is 2.14. The van der Waals surface area contributed by atoms with Crippen LogP contribution >= 0.6 is 0 Å². The molecule has 2 rings (SSSR count). The van der Waals surface area contributed by atoms with E-state index < -0.39 is 5.60 Å². The van der Waals surface area contributed by atoms with E-state index in [4.69, 9.17) is 5.73 Å². The first-order chi connectivity index (χ1) is 7.20. The van der Waals surface area contributed by atoms with Gasteiger partial charge in [0, 0.05) is 6.54 Å². The zero-order chi connectivity index (χ0) is 10.9. The maximum Gasteiger partial charge on any atom is 0.105 e. The minimum atomic E-state index is -0.787. The second-order valence-electron chi connectivity index (χ2n) is 4.46. The van der Waals surface area contributed by atoms with Crippen LogP contribution in [0.1, 0.15) is 30.9 Å². The highest BCUT2D eigenvalue weighted by Gasteiger charge is 2.43. The fourth-order valence-electron chi connectivity index (χ4n) is 2.14. The zero-order valence-electron chi connectivity index (χ0n) is 9.24. The van der Waals surface area contributed by atoms with Gasteiger partial charge < -0.3 is 10.8 Å². The molecule has 1 aliphatic rings. The van der Waals surface area contributed by atoms with E-state index >= 15 is 0 Å². The van der Waals surface area contributed by atoms with E-state index in [1.165, 1.54) is 5.56 Å². The quantitative estimate of drug-likeness (QED) is 0.787. The second kappa shape index (κ2) is 3.95. The molecule has 0 spiro atoms. The third-order valence-electron chi connectivity index (χ3n) is 3.40. The number of aliphatic hydroxyl groups is 1. The van der Waals surface area contributed by atoms with E-state index in [0.717, 1.165) is 24.8 Å². The van der Waals surface area contributed by atoms with E-state index in [1.807, 2.05) is 12.1 Å². The van der Waals surface area contributed by atoms with Crippen molar-refractivity contribution in [1.82, 2.24) is 0 Å². The van der Waals surface area contributed by atoms with Gasteiger partial charge in [-0.15, -0.1) is 0 Å². The molecule has 15 heavy (non-hydrogen) atoms. The summed E-state index contributed by atoms with van der Waals surface area (Å²) in [6.45, 7) is 2.45. The number of hydrogen-bond acceptors (Lipinski definition) is 2. The molecule has 1 aliphatic carbocycles. The first-order valence-electron chi connectivity index (χ1n) is 5.72. The maximum atomic E-state index is 10.5. The van der Waals surface area contributed by atoms with Gasteiger partial charge in [0.15, 0.2) is 0 Å². The van der Waals surface area contributed by atoms with Gasteiger partial charge in [0.1, 0.15) is 5.60 Å². The Morgan fingerprint density at radius 1 is 1.47 bits per heavy atom. The monoisotopic (exact) mass is 205 g/mol. The lowest BCUT2D eigenvalue weighted by molar-refractivity contribution is 0.0221. The van der Waals surface area contributed by atoms with Crippen LogP contribution in [0.3, 0.4) is 0 Å². The van der Waals surface area contributed by atoms with Crippen molar-refractivity contribution in [2.75, 3.05) is 6.54 Å². The summed E-state index contributed by atoms with van der Waals surface area (Å²) in [5, 5.41) is 10.5. The van der Waals surface area contributed by atoms with Crippen molar-refractivity contribution >= 4 is 0 Å². The topological polar surface area (TPSA) is 46.2 Å². The van der Waals surface area contributed by atoms with E-state index in [2.05, 4.69) is 19.1 Å². The average molecular weight is 205 g/mol. The lowest BCUT2D eigenvalue weighted by Gasteiger charge is -2.27. The fraction of sp³-hybridized carbons (Fsp3) is 0.538. The molecule has 0 amide bonds. The molecule has 1 unspecified atom stereocenters. The van der Waals surface area contributed by atoms with Crippen LogP contribution in [0.5, 0.6) is 0 Å². The Balaban J connectivity index is 2.33. The Kier molecular flexibility index (Phi) is 2.81. The summed E-state index contributed by atoms with van der Waals surface area (Å²) >= 11 is 0. The molecular weight excluding hydrogens is 186 g/mol. The maximum absolute atomic E-state index is 10.5. The summed E-state index contributed by atoms with van der Waals surface area (Å²) in [7, 11) is 0. The summed E-state index contributed by atoms with van der Waals surface area (Å²) in [4.78, 5) is 0. The molecule has 0 aliphatic heterocycles. The van der Waals surface area contributed by atoms with Crippen molar-refractivity contribution in [3.63, 3.8) is 0 Å². The SMILES string of the molecule is CCc1cccc(C(O)(CN)C2CC2)c1. The van der Waals surface area contributed by atoms with Crippen molar-refractivity contribution in [3.8, 4) is 0 Å². The van der Waals surface area contributed by atoms with Gasteiger partial charge in [0.05, 0.1) is 0 Å². The van der Waals surface area contributed by atoms with Gasteiger partial charge >= 0.3 is 0 Å². The molecule has 2 heteroatoms. The minimum Gasteiger partial charge on any atom is -0.384 e. The second-order valence-corrected chi connectivity index (χ2v) is 4.46. The summed E-state index contributed by atoms with van der Waals surface area (Å²) in [6.07, 6.45) is 3.20. The first kappa shape index (κ1) is 10.7. The van der Waals surface area contributed by atoms with E-state index in [9.17, 15) is 5.11 Å². The average Bonchev–Trinajstić information content (AvgIpc) is 3.12. The Hall–Kier alpha value is -0.860. The van der Waals surface area contributed by atoms with Crippen molar-refractivity contribution in [1.29, 1.82) is 0 Å². The van der Waals surface area contributed by atoms with Gasteiger partial charge in [-0.3, -0.25) is 0 Å². The van der Waals surface area contributed by atoms with Gasteiger partial charge in [0.25, 0.3) is 0 Å². The van der Waals surface area contributed by atoms with Crippen LogP contribution in [-0.2, 0) is 12.0 Å². The highest BCUT2D eigenvalue weighted by atomic mass is 16.3. The number of rotatable bonds is 4. The molecule has 0 saturated heterocycles. The number of aryl methyl sites for hydroxylation is 1. The highest BCUT2D eigenvalue weighted by Crippen LogP contribution is 2.45. The molecule has 1 fully saturated rings. The summed E-state index contributed by atoms with van der Waals surface area (Å²) < 4.78 is 0. The summed E-state index contributed by atoms with van der Waals surface area (Å²) in [5.41, 5.74) is 7.19. The van der Waals surface area contributed by atoms with Gasteiger partial charge in [-0.1, -0.05) is 31.2 Å². The van der Waals surface area contributed by atoms with Crippen LogP contribution in [0, 0.1) is 5.92 Å². The van der Waals surface area contributed by atoms with Gasteiger partial charge in [-0.2, -0.15) is 0 Å². The minimum absolute atomic E-state index is 0.324. The smallest absolute Gasteiger partial charge is 0.105 e. The zero-order valence-corrected chi connectivity index (χ0v) is 9.24. The van der Waals surface area contributed by atoms with Crippen LogP contribution in [0.2, 0.25) is 0 Å². The molecule has 0 heterocycles. The van der Waals surface area contributed by atoms with Gasteiger partial charge in [-0.25, -0.2) is 0 Å². The Labute approximate surface area is 91.1 Å². The molecule has 2 nitrogen and oxygen atoms in total. The lowest BCUT2D eigenvalue weighted by Crippen LogP contribution is -2.37. The highest BCUT2D eigenvalue weighted by molar-refractivity contribution is 5.30. The Morgan fingerprint density at radius 2 is 2.20 bits per heavy atom. The molecule has 0 aromatic heterocycles. The van der Waals surface area contributed by atoms with E-state index in [1.54, 1.807) is 0 Å². The predicted octanol–water partition coefficient (Wildman–Crippen LogP) is 1.81. The number of hydrogen-bond donors (Lipinski definition) is 2. The van der Waals surface area contributed by atoms with Crippen LogP contribution in [-0.4, -0.2) is 11.7 Å². The van der Waals surface area contributed by atoms with Crippen molar-refractivity contribution in [2.24, 2.45) is 11.7 Å².